The van der Waals surface area contributed by atoms with Crippen LogP contribution in [-0.4, -0.2) is 33.4 Å². The van der Waals surface area contributed by atoms with Crippen molar-refractivity contribution in [2.24, 2.45) is 7.05 Å². The highest BCUT2D eigenvalue weighted by molar-refractivity contribution is 7.80. The molecule has 0 unspecified atom stereocenters. The Morgan fingerprint density at radius 3 is 2.94 bits per heavy atom. The molecule has 0 radical (unpaired) electrons. The zero-order chi connectivity index (χ0) is 12.0. The molecule has 0 aliphatic carbocycles. The van der Waals surface area contributed by atoms with Crippen molar-refractivity contribution in [2.45, 2.75) is 26.3 Å². The summed E-state index contributed by atoms with van der Waals surface area (Å²) in [5, 5.41) is 8.17. The minimum absolute atomic E-state index is 0.797. The lowest BCUT2D eigenvalue weighted by Crippen LogP contribution is -2.36. The van der Waals surface area contributed by atoms with Crippen LogP contribution in [0.3, 0.4) is 0 Å². The summed E-state index contributed by atoms with van der Waals surface area (Å²) in [5.74, 6) is 0. The predicted molar refractivity (Wildman–Crippen MR) is 70.2 cm³/mol. The van der Waals surface area contributed by atoms with Crippen LogP contribution >= 0.6 is 12.2 Å². The lowest BCUT2D eigenvalue weighted by atomic mass is 10.3. The smallest absolute Gasteiger partial charge is 0.168 e. The van der Waals surface area contributed by atoms with Crippen LogP contribution in [0.1, 0.15) is 25.3 Å². The number of hydrogen-bond donors (Lipinski definition) is 1. The fraction of sp³-hybridized carbons (Fsp3) is 0.636. The summed E-state index contributed by atoms with van der Waals surface area (Å²) in [7, 11) is 3.91. The second-order valence-corrected chi connectivity index (χ2v) is 4.35. The van der Waals surface area contributed by atoms with Crippen LogP contribution in [0, 0.1) is 0 Å². The molecule has 5 heteroatoms. The van der Waals surface area contributed by atoms with Gasteiger partial charge in [-0.1, -0.05) is 13.3 Å². The third kappa shape index (κ3) is 4.18. The van der Waals surface area contributed by atoms with E-state index in [1.165, 1.54) is 12.0 Å². The second-order valence-electron chi connectivity index (χ2n) is 3.96. The van der Waals surface area contributed by atoms with Gasteiger partial charge in [-0.2, -0.15) is 5.10 Å². The summed E-state index contributed by atoms with van der Waals surface area (Å²) in [4.78, 5) is 2.03. The van der Waals surface area contributed by atoms with Crippen molar-refractivity contribution in [2.75, 3.05) is 13.6 Å². The predicted octanol–water partition coefficient (Wildman–Crippen LogP) is 1.53. The van der Waals surface area contributed by atoms with Crippen LogP contribution in [-0.2, 0) is 13.6 Å². The molecule has 1 aromatic heterocycles. The maximum absolute atomic E-state index is 5.28. The van der Waals surface area contributed by atoms with E-state index in [1.54, 1.807) is 4.68 Å². The molecule has 1 aromatic rings. The van der Waals surface area contributed by atoms with Gasteiger partial charge < -0.3 is 10.2 Å². The van der Waals surface area contributed by atoms with Gasteiger partial charge in [0.2, 0.25) is 0 Å². The van der Waals surface area contributed by atoms with Gasteiger partial charge in [-0.15, -0.1) is 0 Å². The van der Waals surface area contributed by atoms with E-state index in [1.807, 2.05) is 31.4 Å². The molecule has 0 bridgehead atoms. The monoisotopic (exact) mass is 240 g/mol. The number of thiocarbonyl (C=S) groups is 1. The van der Waals surface area contributed by atoms with E-state index < -0.39 is 0 Å². The first-order chi connectivity index (χ1) is 7.63. The number of unbranched alkanes of at least 4 members (excludes halogenated alkanes) is 1. The van der Waals surface area contributed by atoms with E-state index in [9.17, 15) is 0 Å². The van der Waals surface area contributed by atoms with Crippen molar-refractivity contribution in [3.63, 3.8) is 0 Å². The van der Waals surface area contributed by atoms with Gasteiger partial charge in [0, 0.05) is 38.9 Å². The Morgan fingerprint density at radius 1 is 1.62 bits per heavy atom. The number of hydrogen-bond acceptors (Lipinski definition) is 2. The molecule has 0 fully saturated rings. The fourth-order valence-electron chi connectivity index (χ4n) is 1.41. The second kappa shape index (κ2) is 6.48. The normalized spacial score (nSPS) is 10.2. The summed E-state index contributed by atoms with van der Waals surface area (Å²) in [6.45, 7) is 3.92. The number of nitrogens with zero attached hydrogens (tertiary/aromatic N) is 3. The molecule has 4 nitrogen and oxygen atoms in total. The molecule has 1 rings (SSSR count). The van der Waals surface area contributed by atoms with E-state index in [2.05, 4.69) is 17.3 Å². The molecule has 0 aromatic carbocycles. The molecule has 1 heterocycles. The Labute approximate surface area is 103 Å². The first-order valence-electron chi connectivity index (χ1n) is 5.60. The molecular formula is C11H20N4S. The minimum Gasteiger partial charge on any atom is -0.363 e. The van der Waals surface area contributed by atoms with Crippen LogP contribution < -0.4 is 5.32 Å². The van der Waals surface area contributed by atoms with Crippen LogP contribution in [0.5, 0.6) is 0 Å². The van der Waals surface area contributed by atoms with Gasteiger partial charge in [0.1, 0.15) is 0 Å². The first kappa shape index (κ1) is 13.0. The van der Waals surface area contributed by atoms with E-state index in [0.29, 0.717) is 0 Å². The van der Waals surface area contributed by atoms with E-state index >= 15 is 0 Å². The van der Waals surface area contributed by atoms with Gasteiger partial charge in [-0.05, 0) is 18.6 Å². The van der Waals surface area contributed by atoms with Gasteiger partial charge in [0.25, 0.3) is 0 Å². The largest absolute Gasteiger partial charge is 0.363 e. The molecule has 0 aliphatic rings. The molecule has 1 N–H and O–H groups in total. The molecular weight excluding hydrogens is 220 g/mol. The highest BCUT2D eigenvalue weighted by Crippen LogP contribution is 2.01. The zero-order valence-corrected chi connectivity index (χ0v) is 11.0. The van der Waals surface area contributed by atoms with Gasteiger partial charge in [-0.25, -0.2) is 0 Å². The third-order valence-corrected chi connectivity index (χ3v) is 2.79. The summed E-state index contributed by atoms with van der Waals surface area (Å²) in [5.41, 5.74) is 1.17. The fourth-order valence-corrected chi connectivity index (χ4v) is 1.57. The first-order valence-corrected chi connectivity index (χ1v) is 6.00. The molecule has 0 spiro atoms. The molecule has 0 amide bonds. The topological polar surface area (TPSA) is 33.1 Å². The zero-order valence-electron chi connectivity index (χ0n) is 10.2. The maximum atomic E-state index is 5.28. The van der Waals surface area contributed by atoms with Crippen molar-refractivity contribution in [3.8, 4) is 0 Å². The Bertz CT molecular complexity index is 334. The Kier molecular flexibility index (Phi) is 5.25. The van der Waals surface area contributed by atoms with Crippen LogP contribution in [0.15, 0.2) is 12.4 Å². The van der Waals surface area contributed by atoms with Crippen LogP contribution in [0.4, 0.5) is 0 Å². The lowest BCUT2D eigenvalue weighted by Gasteiger charge is -2.20. The highest BCUT2D eigenvalue weighted by Gasteiger charge is 2.05. The average Bonchev–Trinajstić information content (AvgIpc) is 2.64. The van der Waals surface area contributed by atoms with Gasteiger partial charge >= 0.3 is 0 Å². The number of rotatable bonds is 5. The van der Waals surface area contributed by atoms with Crippen LogP contribution in [0.2, 0.25) is 0 Å². The van der Waals surface area contributed by atoms with Crippen molar-refractivity contribution >= 4 is 17.3 Å². The van der Waals surface area contributed by atoms with Crippen molar-refractivity contribution in [1.29, 1.82) is 0 Å². The summed E-state index contributed by atoms with van der Waals surface area (Å²) < 4.78 is 1.80. The molecule has 0 saturated carbocycles. The van der Waals surface area contributed by atoms with Crippen molar-refractivity contribution in [1.82, 2.24) is 20.0 Å². The van der Waals surface area contributed by atoms with Crippen LogP contribution in [0.25, 0.3) is 0 Å². The molecule has 0 aliphatic heterocycles. The Morgan fingerprint density at radius 2 is 2.38 bits per heavy atom. The number of aryl methyl sites for hydroxylation is 1. The van der Waals surface area contributed by atoms with Gasteiger partial charge in [0.05, 0.1) is 6.20 Å². The van der Waals surface area contributed by atoms with Gasteiger partial charge in [0.15, 0.2) is 5.11 Å². The minimum atomic E-state index is 0.797. The number of aromatic nitrogens is 2. The number of nitrogens with one attached hydrogen (secondary N) is 1. The standard InChI is InChI=1S/C11H20N4S/c1-4-5-6-12-11(16)14(2)8-10-7-13-15(3)9-10/h7,9H,4-6,8H2,1-3H3,(H,12,16). The molecule has 90 valence electrons. The summed E-state index contributed by atoms with van der Waals surface area (Å²) >= 11 is 5.28. The molecule has 0 saturated heterocycles. The lowest BCUT2D eigenvalue weighted by molar-refractivity contribution is 0.487. The van der Waals surface area contributed by atoms with E-state index in [0.717, 1.165) is 24.6 Å². The summed E-state index contributed by atoms with van der Waals surface area (Å²) in [6, 6.07) is 0. The van der Waals surface area contributed by atoms with Gasteiger partial charge in [-0.3, -0.25) is 4.68 Å². The summed E-state index contributed by atoms with van der Waals surface area (Å²) in [6.07, 6.45) is 6.21. The van der Waals surface area contributed by atoms with E-state index in [-0.39, 0.29) is 0 Å². The van der Waals surface area contributed by atoms with Crippen molar-refractivity contribution < 1.29 is 0 Å². The molecule has 16 heavy (non-hydrogen) atoms. The average molecular weight is 240 g/mol. The molecule has 0 atom stereocenters. The third-order valence-electron chi connectivity index (χ3n) is 2.33. The van der Waals surface area contributed by atoms with Crippen molar-refractivity contribution in [3.05, 3.63) is 18.0 Å². The maximum Gasteiger partial charge on any atom is 0.168 e. The Hall–Kier alpha value is -1.10. The highest BCUT2D eigenvalue weighted by atomic mass is 32.1. The van der Waals surface area contributed by atoms with E-state index in [4.69, 9.17) is 12.2 Å². The SMILES string of the molecule is CCCCNC(=S)N(C)Cc1cnn(C)c1. The quantitative estimate of drug-likeness (QED) is 0.625. The Balaban J connectivity index is 2.34.